The number of ether oxygens (including phenoxy) is 1. The molecule has 2 saturated heterocycles. The van der Waals surface area contributed by atoms with Crippen LogP contribution in [0.25, 0.3) is 0 Å². The SMILES string of the molecule is COC1CCC(C2CNC(NC3CCC(C(=O)NC4CCCNC4)CC3)NC2)CC1. The van der Waals surface area contributed by atoms with Crippen LogP contribution in [0, 0.1) is 17.8 Å². The van der Waals surface area contributed by atoms with Gasteiger partial charge in [-0.3, -0.25) is 20.7 Å². The number of carbonyl (C=O) groups is 1. The highest BCUT2D eigenvalue weighted by atomic mass is 16.5. The molecule has 0 aromatic carbocycles. The van der Waals surface area contributed by atoms with E-state index in [-0.39, 0.29) is 18.1 Å². The summed E-state index contributed by atoms with van der Waals surface area (Å²) in [6, 6.07) is 0.833. The zero-order valence-electron chi connectivity index (χ0n) is 18.8. The second kappa shape index (κ2) is 11.2. The molecular formula is C23H43N5O2. The summed E-state index contributed by atoms with van der Waals surface area (Å²) >= 11 is 0. The minimum absolute atomic E-state index is 0.198. The highest BCUT2D eigenvalue weighted by Gasteiger charge is 2.32. The Bertz CT molecular complexity index is 518. The minimum Gasteiger partial charge on any atom is -0.381 e. The van der Waals surface area contributed by atoms with Gasteiger partial charge in [-0.15, -0.1) is 0 Å². The lowest BCUT2D eigenvalue weighted by molar-refractivity contribution is -0.126. The third-order valence-corrected chi connectivity index (χ3v) is 8.03. The Morgan fingerprint density at radius 2 is 1.57 bits per heavy atom. The van der Waals surface area contributed by atoms with E-state index in [2.05, 4.69) is 26.6 Å². The van der Waals surface area contributed by atoms with E-state index in [1.807, 2.05) is 7.11 Å². The Balaban J connectivity index is 1.11. The molecule has 2 aliphatic heterocycles. The first kappa shape index (κ1) is 22.5. The van der Waals surface area contributed by atoms with Crippen molar-refractivity contribution in [1.29, 1.82) is 0 Å². The van der Waals surface area contributed by atoms with E-state index in [1.54, 1.807) is 0 Å². The quantitative estimate of drug-likeness (QED) is 0.445. The van der Waals surface area contributed by atoms with Gasteiger partial charge in [0.15, 0.2) is 0 Å². The molecule has 7 nitrogen and oxygen atoms in total. The molecule has 2 saturated carbocycles. The maximum atomic E-state index is 12.6. The third kappa shape index (κ3) is 6.16. The minimum atomic E-state index is 0.198. The van der Waals surface area contributed by atoms with Crippen molar-refractivity contribution in [2.75, 3.05) is 33.3 Å². The van der Waals surface area contributed by atoms with Gasteiger partial charge < -0.3 is 15.4 Å². The fourth-order valence-electron chi connectivity index (χ4n) is 5.98. The van der Waals surface area contributed by atoms with E-state index in [0.29, 0.717) is 18.2 Å². The number of rotatable bonds is 6. The highest BCUT2D eigenvalue weighted by molar-refractivity contribution is 5.79. The first-order chi connectivity index (χ1) is 14.7. The molecular weight excluding hydrogens is 378 g/mol. The summed E-state index contributed by atoms with van der Waals surface area (Å²) in [6.45, 7) is 4.21. The summed E-state index contributed by atoms with van der Waals surface area (Å²) in [5, 5.41) is 17.8. The Morgan fingerprint density at radius 3 is 2.20 bits per heavy atom. The Hall–Kier alpha value is -0.730. The molecule has 30 heavy (non-hydrogen) atoms. The summed E-state index contributed by atoms with van der Waals surface area (Å²) < 4.78 is 5.52. The molecule has 1 unspecified atom stereocenters. The predicted octanol–water partition coefficient (Wildman–Crippen LogP) is 1.30. The number of methoxy groups -OCH3 is 1. The summed E-state index contributed by atoms with van der Waals surface area (Å²) in [5.74, 6) is 2.03. The number of hydrogen-bond donors (Lipinski definition) is 5. The molecule has 172 valence electrons. The maximum Gasteiger partial charge on any atom is 0.223 e. The average molecular weight is 422 g/mol. The Kier molecular flexibility index (Phi) is 8.41. The van der Waals surface area contributed by atoms with Gasteiger partial charge in [0.1, 0.15) is 6.29 Å². The summed E-state index contributed by atoms with van der Waals surface area (Å²) in [4.78, 5) is 12.6. The maximum absolute atomic E-state index is 12.6. The molecule has 2 aliphatic carbocycles. The van der Waals surface area contributed by atoms with E-state index in [4.69, 9.17) is 4.74 Å². The van der Waals surface area contributed by atoms with Crippen LogP contribution < -0.4 is 26.6 Å². The van der Waals surface area contributed by atoms with Crippen LogP contribution in [-0.4, -0.2) is 63.7 Å². The fourth-order valence-corrected chi connectivity index (χ4v) is 5.98. The van der Waals surface area contributed by atoms with Crippen molar-refractivity contribution < 1.29 is 9.53 Å². The highest BCUT2D eigenvalue weighted by Crippen LogP contribution is 2.32. The smallest absolute Gasteiger partial charge is 0.223 e. The van der Waals surface area contributed by atoms with Crippen molar-refractivity contribution >= 4 is 5.91 Å². The van der Waals surface area contributed by atoms with Crippen LogP contribution in [-0.2, 0) is 9.53 Å². The fraction of sp³-hybridized carbons (Fsp3) is 0.957. The van der Waals surface area contributed by atoms with Gasteiger partial charge in [-0.05, 0) is 82.6 Å². The van der Waals surface area contributed by atoms with E-state index < -0.39 is 0 Å². The average Bonchev–Trinajstić information content (AvgIpc) is 2.81. The van der Waals surface area contributed by atoms with Crippen LogP contribution in [0.2, 0.25) is 0 Å². The van der Waals surface area contributed by atoms with Gasteiger partial charge in [-0.2, -0.15) is 0 Å². The lowest BCUT2D eigenvalue weighted by Gasteiger charge is -2.40. The number of hydrogen-bond acceptors (Lipinski definition) is 6. The molecule has 0 radical (unpaired) electrons. The van der Waals surface area contributed by atoms with Crippen LogP contribution >= 0.6 is 0 Å². The molecule has 4 aliphatic rings. The monoisotopic (exact) mass is 421 g/mol. The predicted molar refractivity (Wildman–Crippen MR) is 119 cm³/mol. The number of nitrogens with one attached hydrogen (secondary N) is 5. The molecule has 1 atom stereocenters. The van der Waals surface area contributed by atoms with Crippen molar-refractivity contribution in [2.45, 2.75) is 88.7 Å². The third-order valence-electron chi connectivity index (χ3n) is 8.03. The van der Waals surface area contributed by atoms with E-state index >= 15 is 0 Å². The molecule has 0 bridgehead atoms. The van der Waals surface area contributed by atoms with Crippen molar-refractivity contribution in [3.63, 3.8) is 0 Å². The Labute approximate surface area is 182 Å². The summed E-state index contributed by atoms with van der Waals surface area (Å²) in [7, 11) is 1.85. The van der Waals surface area contributed by atoms with Crippen LogP contribution in [0.4, 0.5) is 0 Å². The number of piperidine rings is 1. The molecule has 7 heteroatoms. The molecule has 5 N–H and O–H groups in total. The molecule has 2 heterocycles. The zero-order chi connectivity index (χ0) is 20.8. The molecule has 4 rings (SSSR count). The van der Waals surface area contributed by atoms with Crippen molar-refractivity contribution in [1.82, 2.24) is 26.6 Å². The molecule has 0 aromatic rings. The molecule has 0 spiro atoms. The van der Waals surface area contributed by atoms with Gasteiger partial charge in [0.25, 0.3) is 0 Å². The second-order valence-electron chi connectivity index (χ2n) is 10.0. The van der Waals surface area contributed by atoms with E-state index in [0.717, 1.165) is 76.5 Å². The van der Waals surface area contributed by atoms with Crippen molar-refractivity contribution in [3.8, 4) is 0 Å². The van der Waals surface area contributed by atoms with Gasteiger partial charge in [0.05, 0.1) is 6.10 Å². The normalized spacial score (nSPS) is 40.6. The van der Waals surface area contributed by atoms with Crippen LogP contribution in [0.15, 0.2) is 0 Å². The molecule has 1 amide bonds. The van der Waals surface area contributed by atoms with Crippen LogP contribution in [0.5, 0.6) is 0 Å². The van der Waals surface area contributed by atoms with Gasteiger partial charge in [0, 0.05) is 44.7 Å². The van der Waals surface area contributed by atoms with E-state index in [1.165, 1.54) is 25.7 Å². The van der Waals surface area contributed by atoms with Gasteiger partial charge >= 0.3 is 0 Å². The first-order valence-corrected chi connectivity index (χ1v) is 12.5. The summed E-state index contributed by atoms with van der Waals surface area (Å²) in [6.07, 6.45) is 12.2. The topological polar surface area (TPSA) is 86.5 Å². The lowest BCUT2D eigenvalue weighted by atomic mass is 9.78. The van der Waals surface area contributed by atoms with Crippen molar-refractivity contribution in [3.05, 3.63) is 0 Å². The van der Waals surface area contributed by atoms with E-state index in [9.17, 15) is 4.79 Å². The summed E-state index contributed by atoms with van der Waals surface area (Å²) in [5.41, 5.74) is 0. The Morgan fingerprint density at radius 1 is 0.833 bits per heavy atom. The number of amides is 1. The zero-order valence-corrected chi connectivity index (χ0v) is 18.8. The second-order valence-corrected chi connectivity index (χ2v) is 10.0. The number of carbonyl (C=O) groups excluding carboxylic acids is 1. The van der Waals surface area contributed by atoms with Crippen LogP contribution in [0.1, 0.15) is 64.2 Å². The van der Waals surface area contributed by atoms with Gasteiger partial charge in [-0.1, -0.05) is 0 Å². The molecule has 4 fully saturated rings. The first-order valence-electron chi connectivity index (χ1n) is 12.5. The van der Waals surface area contributed by atoms with Gasteiger partial charge in [0.2, 0.25) is 5.91 Å². The van der Waals surface area contributed by atoms with Gasteiger partial charge in [-0.25, -0.2) is 0 Å². The van der Waals surface area contributed by atoms with Crippen LogP contribution in [0.3, 0.4) is 0 Å². The van der Waals surface area contributed by atoms with Crippen molar-refractivity contribution in [2.24, 2.45) is 17.8 Å². The lowest BCUT2D eigenvalue weighted by Crippen LogP contribution is -2.63. The molecule has 0 aromatic heterocycles. The largest absolute Gasteiger partial charge is 0.381 e. The standard InChI is InChI=1S/C23H43N5O2/c1-30-21-10-6-16(7-11-21)18-13-25-23(26-14-18)28-19-8-4-17(5-9-19)22(29)27-20-3-2-12-24-15-20/h16-21,23-26,28H,2-15H2,1H3,(H,27,29).